The first kappa shape index (κ1) is 12.7. The summed E-state index contributed by atoms with van der Waals surface area (Å²) in [5.74, 6) is 0.554. The van der Waals surface area contributed by atoms with Crippen molar-refractivity contribution in [2.45, 2.75) is 45.2 Å². The van der Waals surface area contributed by atoms with Crippen LogP contribution in [0.25, 0.3) is 0 Å². The average Bonchev–Trinajstić information content (AvgIpc) is 2.25. The molecular weight excluding hydrogens is 232 g/mol. The van der Waals surface area contributed by atoms with Crippen LogP contribution in [0.15, 0.2) is 12.1 Å². The van der Waals surface area contributed by atoms with E-state index in [1.807, 2.05) is 0 Å². The molecule has 2 N–H and O–H groups in total. The molecule has 0 saturated carbocycles. The molecule has 1 atom stereocenters. The third-order valence-corrected chi connectivity index (χ3v) is 4.37. The highest BCUT2D eigenvalue weighted by atomic mass is 35.5. The van der Waals surface area contributed by atoms with E-state index in [4.69, 9.17) is 17.3 Å². The van der Waals surface area contributed by atoms with Gasteiger partial charge in [0.25, 0.3) is 0 Å². The molecule has 1 heterocycles. The highest BCUT2D eigenvalue weighted by molar-refractivity contribution is 6.31. The van der Waals surface area contributed by atoms with Gasteiger partial charge in [-0.15, -0.1) is 0 Å². The lowest BCUT2D eigenvalue weighted by Gasteiger charge is -2.45. The van der Waals surface area contributed by atoms with E-state index in [9.17, 15) is 0 Å². The Balaban J connectivity index is 2.57. The summed E-state index contributed by atoms with van der Waals surface area (Å²) in [6.45, 7) is 7.34. The fraction of sp³-hybridized carbons (Fsp3) is 0.571. The summed E-state index contributed by atoms with van der Waals surface area (Å²) < 4.78 is 0. The lowest BCUT2D eigenvalue weighted by Crippen LogP contribution is -2.45. The maximum Gasteiger partial charge on any atom is 0.0471 e. The molecule has 94 valence electrons. The van der Waals surface area contributed by atoms with E-state index < -0.39 is 0 Å². The molecule has 2 nitrogen and oxygen atoms in total. The second-order valence-corrected chi connectivity index (χ2v) is 6.09. The SMILES string of the molecule is C[C@@H]1CC(C)(C)N(C)c2cc(Cl)c(CN)cc21. The summed E-state index contributed by atoms with van der Waals surface area (Å²) in [7, 11) is 2.14. The van der Waals surface area contributed by atoms with Crippen molar-refractivity contribution in [2.75, 3.05) is 11.9 Å². The van der Waals surface area contributed by atoms with Crippen molar-refractivity contribution in [2.24, 2.45) is 5.73 Å². The van der Waals surface area contributed by atoms with Gasteiger partial charge in [0, 0.05) is 29.8 Å². The molecule has 0 aromatic heterocycles. The molecule has 0 radical (unpaired) electrons. The smallest absolute Gasteiger partial charge is 0.0471 e. The number of hydrogen-bond donors (Lipinski definition) is 1. The van der Waals surface area contributed by atoms with Gasteiger partial charge >= 0.3 is 0 Å². The molecule has 0 saturated heterocycles. The van der Waals surface area contributed by atoms with Crippen LogP contribution in [0.1, 0.15) is 44.2 Å². The number of nitrogens with zero attached hydrogens (tertiary/aromatic N) is 1. The number of rotatable bonds is 1. The second kappa shape index (κ2) is 4.18. The Kier molecular flexibility index (Phi) is 3.13. The van der Waals surface area contributed by atoms with Crippen molar-refractivity contribution in [3.8, 4) is 0 Å². The van der Waals surface area contributed by atoms with Crippen molar-refractivity contribution < 1.29 is 0 Å². The third kappa shape index (κ3) is 2.04. The van der Waals surface area contributed by atoms with Crippen molar-refractivity contribution in [3.63, 3.8) is 0 Å². The molecule has 0 unspecified atom stereocenters. The number of benzene rings is 1. The largest absolute Gasteiger partial charge is 0.369 e. The fourth-order valence-electron chi connectivity index (χ4n) is 2.79. The maximum atomic E-state index is 6.26. The van der Waals surface area contributed by atoms with Gasteiger partial charge in [-0.05, 0) is 43.4 Å². The molecule has 1 aromatic rings. The Morgan fingerprint density at radius 1 is 1.47 bits per heavy atom. The van der Waals surface area contributed by atoms with Crippen LogP contribution in [0, 0.1) is 0 Å². The Morgan fingerprint density at radius 2 is 2.12 bits per heavy atom. The van der Waals surface area contributed by atoms with E-state index >= 15 is 0 Å². The zero-order chi connectivity index (χ0) is 12.8. The monoisotopic (exact) mass is 252 g/mol. The zero-order valence-electron chi connectivity index (χ0n) is 11.0. The molecule has 1 aliphatic rings. The number of fused-ring (bicyclic) bond motifs is 1. The highest BCUT2D eigenvalue weighted by Crippen LogP contribution is 2.44. The van der Waals surface area contributed by atoms with Gasteiger partial charge in [-0.25, -0.2) is 0 Å². The fourth-order valence-corrected chi connectivity index (χ4v) is 3.03. The molecular formula is C14H21ClN2. The van der Waals surface area contributed by atoms with Crippen LogP contribution in [-0.4, -0.2) is 12.6 Å². The van der Waals surface area contributed by atoms with Gasteiger partial charge in [-0.1, -0.05) is 24.6 Å². The normalized spacial score (nSPS) is 22.5. The summed E-state index contributed by atoms with van der Waals surface area (Å²) in [5.41, 5.74) is 9.56. The third-order valence-electron chi connectivity index (χ3n) is 4.02. The molecule has 17 heavy (non-hydrogen) atoms. The molecule has 3 heteroatoms. The minimum absolute atomic E-state index is 0.181. The van der Waals surface area contributed by atoms with Crippen LogP contribution in [0.5, 0.6) is 0 Å². The van der Waals surface area contributed by atoms with Gasteiger partial charge < -0.3 is 10.6 Å². The first-order valence-electron chi connectivity index (χ1n) is 6.13. The van der Waals surface area contributed by atoms with E-state index in [1.54, 1.807) is 0 Å². The predicted octanol–water partition coefficient (Wildman–Crippen LogP) is 3.52. The Hall–Kier alpha value is -0.730. The number of halogens is 1. The Labute approximate surface area is 109 Å². The summed E-state index contributed by atoms with van der Waals surface area (Å²) in [4.78, 5) is 2.33. The Morgan fingerprint density at radius 3 is 2.71 bits per heavy atom. The van der Waals surface area contributed by atoms with Crippen LogP contribution in [0.3, 0.4) is 0 Å². The van der Waals surface area contributed by atoms with Crippen LogP contribution in [0.2, 0.25) is 5.02 Å². The van der Waals surface area contributed by atoms with Crippen molar-refractivity contribution in [1.82, 2.24) is 0 Å². The quantitative estimate of drug-likeness (QED) is 0.829. The Bertz CT molecular complexity index is 440. The van der Waals surface area contributed by atoms with Crippen molar-refractivity contribution in [1.29, 1.82) is 0 Å². The van der Waals surface area contributed by atoms with Gasteiger partial charge in [-0.2, -0.15) is 0 Å². The van der Waals surface area contributed by atoms with Crippen LogP contribution >= 0.6 is 11.6 Å². The van der Waals surface area contributed by atoms with E-state index in [0.717, 1.165) is 17.0 Å². The van der Waals surface area contributed by atoms with Gasteiger partial charge in [0.15, 0.2) is 0 Å². The summed E-state index contributed by atoms with van der Waals surface area (Å²) >= 11 is 6.26. The number of anilines is 1. The second-order valence-electron chi connectivity index (χ2n) is 5.68. The first-order valence-corrected chi connectivity index (χ1v) is 6.51. The van der Waals surface area contributed by atoms with Crippen LogP contribution in [0.4, 0.5) is 5.69 Å². The molecule has 0 bridgehead atoms. The molecule has 1 aliphatic heterocycles. The lowest BCUT2D eigenvalue weighted by molar-refractivity contribution is 0.395. The number of nitrogens with two attached hydrogens (primary N) is 1. The van der Waals surface area contributed by atoms with Crippen molar-refractivity contribution in [3.05, 3.63) is 28.3 Å². The minimum Gasteiger partial charge on any atom is -0.369 e. The molecule has 0 spiro atoms. The topological polar surface area (TPSA) is 29.3 Å². The molecule has 0 amide bonds. The van der Waals surface area contributed by atoms with Gasteiger partial charge in [0.2, 0.25) is 0 Å². The van der Waals surface area contributed by atoms with Gasteiger partial charge in [0.1, 0.15) is 0 Å². The van der Waals surface area contributed by atoms with Gasteiger partial charge in [0.05, 0.1) is 0 Å². The van der Waals surface area contributed by atoms with Gasteiger partial charge in [-0.3, -0.25) is 0 Å². The van der Waals surface area contributed by atoms with E-state index in [2.05, 4.69) is 44.9 Å². The average molecular weight is 253 g/mol. The lowest BCUT2D eigenvalue weighted by atomic mass is 9.80. The maximum absolute atomic E-state index is 6.26. The van der Waals surface area contributed by atoms with Crippen LogP contribution < -0.4 is 10.6 Å². The summed E-state index contributed by atoms with van der Waals surface area (Å²) in [6, 6.07) is 4.24. The molecule has 2 rings (SSSR count). The van der Waals surface area contributed by atoms with E-state index in [-0.39, 0.29) is 5.54 Å². The highest BCUT2D eigenvalue weighted by Gasteiger charge is 2.34. The molecule has 0 aliphatic carbocycles. The summed E-state index contributed by atoms with van der Waals surface area (Å²) in [5, 5.41) is 0.781. The van der Waals surface area contributed by atoms with E-state index in [0.29, 0.717) is 12.5 Å². The molecule has 1 aromatic carbocycles. The van der Waals surface area contributed by atoms with E-state index in [1.165, 1.54) is 11.3 Å². The first-order chi connectivity index (χ1) is 7.86. The zero-order valence-corrected chi connectivity index (χ0v) is 11.8. The summed E-state index contributed by atoms with van der Waals surface area (Å²) in [6.07, 6.45) is 1.15. The molecule has 0 fully saturated rings. The number of hydrogen-bond acceptors (Lipinski definition) is 2. The standard InChI is InChI=1S/C14H21ClN2/c1-9-7-14(2,3)17(4)13-6-12(15)10(8-16)5-11(9)13/h5-6,9H,7-8,16H2,1-4H3/t9-/m1/s1. The minimum atomic E-state index is 0.181. The van der Waals surface area contributed by atoms with Crippen molar-refractivity contribution >= 4 is 17.3 Å². The van der Waals surface area contributed by atoms with Crippen LogP contribution in [-0.2, 0) is 6.54 Å². The predicted molar refractivity (Wildman–Crippen MR) is 74.9 cm³/mol.